The first-order valence-corrected chi connectivity index (χ1v) is 5.97. The van der Waals surface area contributed by atoms with Crippen LogP contribution in [0.5, 0.6) is 0 Å². The number of nitrogens with two attached hydrogens (primary N) is 1. The van der Waals surface area contributed by atoms with Gasteiger partial charge in [-0.1, -0.05) is 17.7 Å². The van der Waals surface area contributed by atoms with Crippen molar-refractivity contribution in [2.45, 2.75) is 13.5 Å². The highest BCUT2D eigenvalue weighted by molar-refractivity contribution is 5.92. The normalized spacial score (nSPS) is 10.3. The summed E-state index contributed by atoms with van der Waals surface area (Å²) in [7, 11) is 1.96. The maximum absolute atomic E-state index is 11.5. The van der Waals surface area contributed by atoms with Gasteiger partial charge in [0, 0.05) is 24.8 Å². The third-order valence-corrected chi connectivity index (χ3v) is 2.97. The molecule has 0 saturated carbocycles. The molecule has 0 saturated heterocycles. The smallest absolute Gasteiger partial charge is 0.301 e. The summed E-state index contributed by atoms with van der Waals surface area (Å²) in [6.07, 6.45) is 1.49. The van der Waals surface area contributed by atoms with Gasteiger partial charge in [-0.25, -0.2) is 5.84 Å². The van der Waals surface area contributed by atoms with Crippen LogP contribution in [0.2, 0.25) is 0 Å². The molecular weight excluding hydrogens is 242 g/mol. The van der Waals surface area contributed by atoms with Crippen LogP contribution in [0.15, 0.2) is 41.0 Å². The van der Waals surface area contributed by atoms with Gasteiger partial charge in [0.2, 0.25) is 0 Å². The van der Waals surface area contributed by atoms with E-state index in [-0.39, 0.29) is 5.76 Å². The molecule has 19 heavy (non-hydrogen) atoms. The zero-order valence-electron chi connectivity index (χ0n) is 11.0. The van der Waals surface area contributed by atoms with Gasteiger partial charge in [0.1, 0.15) is 0 Å². The molecule has 0 radical (unpaired) electrons. The Morgan fingerprint density at radius 2 is 2.00 bits per heavy atom. The molecule has 0 aliphatic carbocycles. The second-order valence-electron chi connectivity index (χ2n) is 4.44. The number of carbonyl (C=O) groups is 1. The minimum atomic E-state index is -0.419. The van der Waals surface area contributed by atoms with Crippen LogP contribution in [0.3, 0.4) is 0 Å². The van der Waals surface area contributed by atoms with Crippen molar-refractivity contribution in [2.24, 2.45) is 5.84 Å². The number of nitrogens with zero attached hydrogens (tertiary/aromatic N) is 1. The van der Waals surface area contributed by atoms with E-state index in [1.807, 2.05) is 31.0 Å². The highest BCUT2D eigenvalue weighted by Gasteiger charge is 2.15. The summed E-state index contributed by atoms with van der Waals surface area (Å²) in [5.41, 5.74) is 5.16. The van der Waals surface area contributed by atoms with Crippen molar-refractivity contribution in [1.82, 2.24) is 5.43 Å². The van der Waals surface area contributed by atoms with E-state index in [0.29, 0.717) is 6.54 Å². The fourth-order valence-electron chi connectivity index (χ4n) is 1.87. The van der Waals surface area contributed by atoms with Gasteiger partial charge in [0.15, 0.2) is 5.76 Å². The summed E-state index contributed by atoms with van der Waals surface area (Å²) >= 11 is 0. The van der Waals surface area contributed by atoms with Crippen LogP contribution in [-0.4, -0.2) is 13.0 Å². The molecule has 0 aliphatic heterocycles. The molecular formula is C14H17N3O2. The zero-order chi connectivity index (χ0) is 13.8. The first-order chi connectivity index (χ1) is 9.11. The number of hydrogen-bond donors (Lipinski definition) is 2. The van der Waals surface area contributed by atoms with Crippen LogP contribution in [0.1, 0.15) is 21.7 Å². The lowest BCUT2D eigenvalue weighted by Gasteiger charge is -2.19. The van der Waals surface area contributed by atoms with Crippen LogP contribution in [-0.2, 0) is 6.54 Å². The number of anilines is 1. The SMILES string of the molecule is Cc1ccc(N(C)Cc2ccoc2C(=O)NN)cc1. The molecule has 1 aromatic carbocycles. The van der Waals surface area contributed by atoms with E-state index in [1.54, 1.807) is 6.07 Å². The summed E-state index contributed by atoms with van der Waals surface area (Å²) in [5, 5.41) is 0. The van der Waals surface area contributed by atoms with Gasteiger partial charge >= 0.3 is 5.91 Å². The molecule has 0 atom stereocenters. The minimum Gasteiger partial charge on any atom is -0.459 e. The quantitative estimate of drug-likeness (QED) is 0.499. The molecule has 100 valence electrons. The summed E-state index contributed by atoms with van der Waals surface area (Å²) in [6, 6.07) is 9.95. The van der Waals surface area contributed by atoms with E-state index < -0.39 is 5.91 Å². The molecule has 2 rings (SSSR count). The van der Waals surface area contributed by atoms with Crippen LogP contribution < -0.4 is 16.2 Å². The predicted octanol–water partition coefficient (Wildman–Crippen LogP) is 1.83. The maximum Gasteiger partial charge on any atom is 0.301 e. The van der Waals surface area contributed by atoms with E-state index in [1.165, 1.54) is 11.8 Å². The number of hydrogen-bond acceptors (Lipinski definition) is 4. The van der Waals surface area contributed by atoms with Gasteiger partial charge < -0.3 is 9.32 Å². The standard InChI is InChI=1S/C14H17N3O2/c1-10-3-5-12(6-4-10)17(2)9-11-7-8-19-13(11)14(18)16-15/h3-8H,9,15H2,1-2H3,(H,16,18). The van der Waals surface area contributed by atoms with Crippen molar-refractivity contribution in [3.05, 3.63) is 53.5 Å². The van der Waals surface area contributed by atoms with E-state index in [0.717, 1.165) is 11.3 Å². The van der Waals surface area contributed by atoms with E-state index >= 15 is 0 Å². The van der Waals surface area contributed by atoms with E-state index in [2.05, 4.69) is 17.6 Å². The molecule has 5 nitrogen and oxygen atoms in total. The van der Waals surface area contributed by atoms with Gasteiger partial charge in [0.25, 0.3) is 0 Å². The molecule has 0 unspecified atom stereocenters. The maximum atomic E-state index is 11.5. The van der Waals surface area contributed by atoms with Crippen molar-refractivity contribution in [2.75, 3.05) is 11.9 Å². The highest BCUT2D eigenvalue weighted by atomic mass is 16.3. The lowest BCUT2D eigenvalue weighted by Crippen LogP contribution is -2.31. The number of benzene rings is 1. The number of carbonyl (C=O) groups excluding carboxylic acids is 1. The molecule has 1 aromatic heterocycles. The Labute approximate surface area is 112 Å². The van der Waals surface area contributed by atoms with E-state index in [4.69, 9.17) is 10.3 Å². The third-order valence-electron chi connectivity index (χ3n) is 2.97. The average molecular weight is 259 g/mol. The fraction of sp³-hybridized carbons (Fsp3) is 0.214. The number of hydrazine groups is 1. The Bertz CT molecular complexity index is 560. The number of nitrogens with one attached hydrogen (secondary N) is 1. The van der Waals surface area contributed by atoms with Gasteiger partial charge in [-0.2, -0.15) is 0 Å². The number of furan rings is 1. The summed E-state index contributed by atoms with van der Waals surface area (Å²) in [5.74, 6) is 4.95. The van der Waals surface area contributed by atoms with Crippen molar-refractivity contribution in [1.29, 1.82) is 0 Å². The number of aryl methyl sites for hydroxylation is 1. The number of nitrogen functional groups attached to an aromatic ring is 1. The van der Waals surface area contributed by atoms with Crippen molar-refractivity contribution >= 4 is 11.6 Å². The van der Waals surface area contributed by atoms with E-state index in [9.17, 15) is 4.79 Å². The Morgan fingerprint density at radius 1 is 1.32 bits per heavy atom. The molecule has 0 fully saturated rings. The molecule has 0 bridgehead atoms. The van der Waals surface area contributed by atoms with Crippen LogP contribution in [0.4, 0.5) is 5.69 Å². The second kappa shape index (κ2) is 5.58. The van der Waals surface area contributed by atoms with Gasteiger partial charge in [-0.3, -0.25) is 10.2 Å². The topological polar surface area (TPSA) is 71.5 Å². The first-order valence-electron chi connectivity index (χ1n) is 5.97. The molecule has 5 heteroatoms. The fourth-order valence-corrected chi connectivity index (χ4v) is 1.87. The lowest BCUT2D eigenvalue weighted by atomic mass is 10.2. The van der Waals surface area contributed by atoms with Crippen molar-refractivity contribution in [3.8, 4) is 0 Å². The van der Waals surface area contributed by atoms with Gasteiger partial charge in [-0.15, -0.1) is 0 Å². The zero-order valence-corrected chi connectivity index (χ0v) is 11.0. The Morgan fingerprint density at radius 3 is 2.63 bits per heavy atom. The summed E-state index contributed by atoms with van der Waals surface area (Å²) in [6.45, 7) is 2.62. The van der Waals surface area contributed by atoms with Crippen molar-refractivity contribution < 1.29 is 9.21 Å². The van der Waals surface area contributed by atoms with Crippen LogP contribution >= 0.6 is 0 Å². The Balaban J connectivity index is 2.15. The molecule has 0 spiro atoms. The lowest BCUT2D eigenvalue weighted by molar-refractivity contribution is 0.0924. The van der Waals surface area contributed by atoms with Crippen molar-refractivity contribution in [3.63, 3.8) is 0 Å². The second-order valence-corrected chi connectivity index (χ2v) is 4.44. The molecule has 2 aromatic rings. The van der Waals surface area contributed by atoms with Crippen LogP contribution in [0, 0.1) is 6.92 Å². The first kappa shape index (κ1) is 13.2. The predicted molar refractivity (Wildman–Crippen MR) is 73.6 cm³/mol. The molecule has 0 aliphatic rings. The Kier molecular flexibility index (Phi) is 3.87. The number of amides is 1. The summed E-state index contributed by atoms with van der Waals surface area (Å²) < 4.78 is 5.15. The van der Waals surface area contributed by atoms with Crippen LogP contribution in [0.25, 0.3) is 0 Å². The van der Waals surface area contributed by atoms with Gasteiger partial charge in [-0.05, 0) is 25.1 Å². The third kappa shape index (κ3) is 2.95. The largest absolute Gasteiger partial charge is 0.459 e. The van der Waals surface area contributed by atoms with Gasteiger partial charge in [0.05, 0.1) is 6.26 Å². The highest BCUT2D eigenvalue weighted by Crippen LogP contribution is 2.18. The number of rotatable bonds is 4. The molecule has 1 heterocycles. The molecule has 3 N–H and O–H groups in total. The monoisotopic (exact) mass is 259 g/mol. The average Bonchev–Trinajstić information content (AvgIpc) is 2.86. The molecule has 1 amide bonds. The Hall–Kier alpha value is -2.27. The summed E-state index contributed by atoms with van der Waals surface area (Å²) in [4.78, 5) is 13.5. The minimum absolute atomic E-state index is 0.251.